The quantitative estimate of drug-likeness (QED) is 0.528. The summed E-state index contributed by atoms with van der Waals surface area (Å²) in [5, 5.41) is 14.9. The maximum absolute atomic E-state index is 12.9. The molecular weight excluding hydrogens is 430 g/mol. The third-order valence-corrected chi connectivity index (χ3v) is 5.56. The van der Waals surface area contributed by atoms with Crippen LogP contribution in [0.3, 0.4) is 0 Å². The van der Waals surface area contributed by atoms with Gasteiger partial charge in [-0.25, -0.2) is 0 Å². The lowest BCUT2D eigenvalue weighted by Crippen LogP contribution is -2.32. The highest BCUT2D eigenvalue weighted by Crippen LogP contribution is 2.20. The van der Waals surface area contributed by atoms with Crippen LogP contribution in [0, 0.1) is 11.3 Å². The number of nitriles is 1. The Morgan fingerprint density at radius 1 is 1.03 bits per heavy atom. The molecule has 0 aliphatic carbocycles. The van der Waals surface area contributed by atoms with Crippen LogP contribution in [-0.2, 0) is 11.3 Å². The molecule has 34 heavy (non-hydrogen) atoms. The number of benzene rings is 3. The van der Waals surface area contributed by atoms with Crippen molar-refractivity contribution in [3.8, 4) is 11.8 Å². The topological polar surface area (TPSA) is 100 Å². The van der Waals surface area contributed by atoms with Crippen LogP contribution >= 0.6 is 0 Å². The van der Waals surface area contributed by atoms with Gasteiger partial charge in [0, 0.05) is 24.3 Å². The van der Waals surface area contributed by atoms with Crippen LogP contribution in [0.1, 0.15) is 44.7 Å². The molecule has 1 aliphatic heterocycles. The van der Waals surface area contributed by atoms with E-state index in [2.05, 4.69) is 16.7 Å². The third-order valence-electron chi connectivity index (χ3n) is 5.56. The average Bonchev–Trinajstić information content (AvgIpc) is 3.40. The molecule has 3 aromatic carbocycles. The van der Waals surface area contributed by atoms with Gasteiger partial charge in [0.15, 0.2) is 0 Å². The summed E-state index contributed by atoms with van der Waals surface area (Å²) >= 11 is 0. The van der Waals surface area contributed by atoms with E-state index in [1.165, 1.54) is 0 Å². The van der Waals surface area contributed by atoms with Gasteiger partial charge in [-0.2, -0.15) is 5.26 Å². The predicted octanol–water partition coefficient (Wildman–Crippen LogP) is 4.30. The Morgan fingerprint density at radius 2 is 1.85 bits per heavy atom. The van der Waals surface area contributed by atoms with E-state index in [0.717, 1.165) is 25.0 Å². The second-order valence-electron chi connectivity index (χ2n) is 7.93. The molecule has 0 bridgehead atoms. The van der Waals surface area contributed by atoms with Crippen molar-refractivity contribution in [1.29, 1.82) is 5.26 Å². The minimum absolute atomic E-state index is 0.0357. The molecule has 7 heteroatoms. The summed E-state index contributed by atoms with van der Waals surface area (Å²) in [4.78, 5) is 25.6. The van der Waals surface area contributed by atoms with Gasteiger partial charge in [-0.15, -0.1) is 0 Å². The molecule has 0 saturated carbocycles. The van der Waals surface area contributed by atoms with Gasteiger partial charge in [-0.1, -0.05) is 36.4 Å². The van der Waals surface area contributed by atoms with Gasteiger partial charge in [0.05, 0.1) is 29.0 Å². The molecule has 172 valence electrons. The average molecular weight is 456 g/mol. The molecule has 0 radical (unpaired) electrons. The highest BCUT2D eigenvalue weighted by Gasteiger charge is 2.19. The maximum Gasteiger partial charge on any atom is 0.255 e. The van der Waals surface area contributed by atoms with Crippen LogP contribution in [0.15, 0.2) is 72.8 Å². The molecule has 2 amide bonds. The largest absolute Gasteiger partial charge is 0.489 e. The number of ether oxygens (including phenoxy) is 2. The number of anilines is 1. The van der Waals surface area contributed by atoms with E-state index in [1.807, 2.05) is 12.1 Å². The number of carbonyl (C=O) groups excluding carboxylic acids is 2. The highest BCUT2D eigenvalue weighted by atomic mass is 16.5. The Bertz CT molecular complexity index is 1210. The fourth-order valence-electron chi connectivity index (χ4n) is 3.74. The van der Waals surface area contributed by atoms with E-state index in [0.29, 0.717) is 34.7 Å². The smallest absolute Gasteiger partial charge is 0.255 e. The van der Waals surface area contributed by atoms with Gasteiger partial charge in [0.2, 0.25) is 0 Å². The summed E-state index contributed by atoms with van der Waals surface area (Å²) in [7, 11) is 0. The summed E-state index contributed by atoms with van der Waals surface area (Å²) in [6.45, 7) is 1.37. The van der Waals surface area contributed by atoms with Crippen molar-refractivity contribution in [2.45, 2.75) is 25.6 Å². The number of hydrogen-bond donors (Lipinski definition) is 2. The molecule has 1 unspecified atom stereocenters. The van der Waals surface area contributed by atoms with Crippen molar-refractivity contribution in [2.75, 3.05) is 18.5 Å². The Morgan fingerprint density at radius 3 is 2.68 bits per heavy atom. The van der Waals surface area contributed by atoms with Gasteiger partial charge in [0.25, 0.3) is 11.8 Å². The number of nitrogens with zero attached hydrogens (tertiary/aromatic N) is 1. The third kappa shape index (κ3) is 5.80. The zero-order valence-corrected chi connectivity index (χ0v) is 18.6. The SMILES string of the molecule is N#Cc1ccccc1COc1cccc(C(=O)Nc2ccccc2C(=O)NCC2CCCO2)c1. The summed E-state index contributed by atoms with van der Waals surface area (Å²) in [5.41, 5.74) is 2.51. The predicted molar refractivity (Wildman–Crippen MR) is 128 cm³/mol. The van der Waals surface area contributed by atoms with E-state index in [9.17, 15) is 14.9 Å². The lowest BCUT2D eigenvalue weighted by Gasteiger charge is -2.14. The molecule has 1 saturated heterocycles. The van der Waals surface area contributed by atoms with E-state index < -0.39 is 0 Å². The van der Waals surface area contributed by atoms with Gasteiger partial charge in [0.1, 0.15) is 12.4 Å². The lowest BCUT2D eigenvalue weighted by molar-refractivity contribution is 0.0858. The first-order valence-electron chi connectivity index (χ1n) is 11.1. The van der Waals surface area contributed by atoms with Crippen LogP contribution in [0.25, 0.3) is 0 Å². The number of amides is 2. The van der Waals surface area contributed by atoms with Gasteiger partial charge in [-0.3, -0.25) is 9.59 Å². The lowest BCUT2D eigenvalue weighted by atomic mass is 10.1. The van der Waals surface area contributed by atoms with Crippen LogP contribution in [0.5, 0.6) is 5.75 Å². The zero-order chi connectivity index (χ0) is 23.8. The molecule has 0 aromatic heterocycles. The number of nitrogens with one attached hydrogen (secondary N) is 2. The normalized spacial score (nSPS) is 14.7. The molecule has 2 N–H and O–H groups in total. The number of hydrogen-bond acceptors (Lipinski definition) is 5. The minimum atomic E-state index is -0.359. The first-order chi connectivity index (χ1) is 16.6. The Balaban J connectivity index is 1.41. The zero-order valence-electron chi connectivity index (χ0n) is 18.6. The van der Waals surface area contributed by atoms with Gasteiger partial charge < -0.3 is 20.1 Å². The molecule has 1 atom stereocenters. The molecule has 1 heterocycles. The van der Waals surface area contributed by atoms with Crippen LogP contribution in [0.2, 0.25) is 0 Å². The molecule has 1 aliphatic rings. The first-order valence-corrected chi connectivity index (χ1v) is 11.1. The van der Waals surface area contributed by atoms with Crippen molar-refractivity contribution in [3.63, 3.8) is 0 Å². The Labute approximate surface area is 198 Å². The monoisotopic (exact) mass is 455 g/mol. The van der Waals surface area contributed by atoms with Crippen molar-refractivity contribution in [1.82, 2.24) is 5.32 Å². The minimum Gasteiger partial charge on any atom is -0.489 e. The summed E-state index contributed by atoms with van der Waals surface area (Å²) in [6, 6.07) is 23.0. The Kier molecular flexibility index (Phi) is 7.53. The summed E-state index contributed by atoms with van der Waals surface area (Å²) in [5.74, 6) is -0.120. The first kappa shape index (κ1) is 23.0. The van der Waals surface area contributed by atoms with Crippen LogP contribution in [0.4, 0.5) is 5.69 Å². The fraction of sp³-hybridized carbons (Fsp3) is 0.222. The van der Waals surface area contributed by atoms with E-state index >= 15 is 0 Å². The van der Waals surface area contributed by atoms with Crippen molar-refractivity contribution < 1.29 is 19.1 Å². The van der Waals surface area contributed by atoms with E-state index in [4.69, 9.17) is 9.47 Å². The molecule has 7 nitrogen and oxygen atoms in total. The second kappa shape index (κ2) is 11.1. The molecule has 1 fully saturated rings. The number of carbonyl (C=O) groups is 2. The fourth-order valence-corrected chi connectivity index (χ4v) is 3.74. The highest BCUT2D eigenvalue weighted by molar-refractivity contribution is 6.09. The van der Waals surface area contributed by atoms with Crippen molar-refractivity contribution in [2.24, 2.45) is 0 Å². The van der Waals surface area contributed by atoms with E-state index in [1.54, 1.807) is 60.7 Å². The Hall–Kier alpha value is -4.15. The molecule has 0 spiro atoms. The van der Waals surface area contributed by atoms with Gasteiger partial charge >= 0.3 is 0 Å². The van der Waals surface area contributed by atoms with Crippen LogP contribution < -0.4 is 15.4 Å². The molecular formula is C27H25N3O4. The number of para-hydroxylation sites is 1. The van der Waals surface area contributed by atoms with Crippen molar-refractivity contribution >= 4 is 17.5 Å². The summed E-state index contributed by atoms with van der Waals surface area (Å²) < 4.78 is 11.4. The molecule has 3 aromatic rings. The van der Waals surface area contributed by atoms with Crippen molar-refractivity contribution in [3.05, 3.63) is 95.1 Å². The molecule has 4 rings (SSSR count). The van der Waals surface area contributed by atoms with E-state index in [-0.39, 0.29) is 24.5 Å². The van der Waals surface area contributed by atoms with Gasteiger partial charge in [-0.05, 0) is 49.2 Å². The maximum atomic E-state index is 12.9. The second-order valence-corrected chi connectivity index (χ2v) is 7.93. The number of rotatable bonds is 8. The summed E-state index contributed by atoms with van der Waals surface area (Å²) in [6.07, 6.45) is 1.97. The van der Waals surface area contributed by atoms with Crippen LogP contribution in [-0.4, -0.2) is 31.1 Å². The standard InChI is InChI=1S/C27H25N3O4/c28-16-20-7-1-2-8-21(20)18-34-22-10-5-9-19(15-22)26(31)30-25-13-4-3-12-24(25)27(32)29-17-23-11-6-14-33-23/h1-5,7-10,12-13,15,23H,6,11,14,17-18H2,(H,29,32)(H,30,31).